The number of benzene rings is 1. The Morgan fingerprint density at radius 1 is 1.28 bits per heavy atom. The van der Waals surface area contributed by atoms with Crippen molar-refractivity contribution >= 4 is 40.3 Å². The van der Waals surface area contributed by atoms with Gasteiger partial charge in [0.15, 0.2) is 16.6 Å². The van der Waals surface area contributed by atoms with E-state index in [-0.39, 0.29) is 11.8 Å². The molecule has 32 heavy (non-hydrogen) atoms. The van der Waals surface area contributed by atoms with E-state index in [1.54, 1.807) is 24.3 Å². The van der Waals surface area contributed by atoms with Gasteiger partial charge in [-0.1, -0.05) is 31.3 Å². The topological polar surface area (TPSA) is 97.8 Å². The molecular formula is C23H27N3O5S. The lowest BCUT2D eigenvalue weighted by atomic mass is 10.1. The Morgan fingerprint density at radius 3 is 2.75 bits per heavy atom. The smallest absolute Gasteiger partial charge is 0.308 e. The number of thiazole rings is 1. The fraction of sp³-hybridized carbons (Fsp3) is 0.391. The number of carbonyl (C=O) groups excluding carboxylic acids is 3. The first-order valence-corrected chi connectivity index (χ1v) is 11.2. The van der Waals surface area contributed by atoms with Crippen LogP contribution >= 0.6 is 11.3 Å². The quantitative estimate of drug-likeness (QED) is 0.387. The van der Waals surface area contributed by atoms with E-state index in [1.165, 1.54) is 31.4 Å². The van der Waals surface area contributed by atoms with Gasteiger partial charge in [-0.3, -0.25) is 19.7 Å². The minimum Gasteiger partial charge on any atom is -0.493 e. The molecule has 1 aromatic heterocycles. The summed E-state index contributed by atoms with van der Waals surface area (Å²) in [6.07, 6.45) is 4.26. The highest BCUT2D eigenvalue weighted by Crippen LogP contribution is 2.30. The van der Waals surface area contributed by atoms with Gasteiger partial charge in [-0.15, -0.1) is 0 Å². The van der Waals surface area contributed by atoms with Crippen molar-refractivity contribution < 1.29 is 23.9 Å². The zero-order chi connectivity index (χ0) is 23.3. The summed E-state index contributed by atoms with van der Waals surface area (Å²) < 4.78 is 10.3. The molecule has 0 radical (unpaired) electrons. The van der Waals surface area contributed by atoms with Crippen LogP contribution in [0.4, 0.5) is 5.13 Å². The largest absolute Gasteiger partial charge is 0.493 e. The van der Waals surface area contributed by atoms with Gasteiger partial charge in [-0.25, -0.2) is 4.98 Å². The average Bonchev–Trinajstić information content (AvgIpc) is 3.13. The third kappa shape index (κ3) is 6.16. The van der Waals surface area contributed by atoms with Crippen LogP contribution in [0.3, 0.4) is 0 Å². The highest BCUT2D eigenvalue weighted by atomic mass is 32.1. The van der Waals surface area contributed by atoms with Gasteiger partial charge in [0, 0.05) is 37.3 Å². The fourth-order valence-corrected chi connectivity index (χ4v) is 4.31. The number of aromatic nitrogens is 1. The van der Waals surface area contributed by atoms with Crippen molar-refractivity contribution in [3.8, 4) is 11.5 Å². The maximum absolute atomic E-state index is 12.4. The molecule has 9 heteroatoms. The summed E-state index contributed by atoms with van der Waals surface area (Å²) in [7, 11) is 1.48. The van der Waals surface area contributed by atoms with Crippen molar-refractivity contribution in [1.82, 2.24) is 9.88 Å². The fourth-order valence-electron chi connectivity index (χ4n) is 3.29. The predicted octanol–water partition coefficient (Wildman–Crippen LogP) is 3.66. The summed E-state index contributed by atoms with van der Waals surface area (Å²) in [5.41, 5.74) is 1.65. The van der Waals surface area contributed by atoms with Gasteiger partial charge in [-0.05, 0) is 29.7 Å². The van der Waals surface area contributed by atoms with E-state index in [4.69, 9.17) is 9.47 Å². The van der Waals surface area contributed by atoms with Gasteiger partial charge in [0.25, 0.3) is 0 Å². The average molecular weight is 458 g/mol. The van der Waals surface area contributed by atoms with Crippen LogP contribution < -0.4 is 14.8 Å². The number of esters is 1. The number of hydrogen-bond acceptors (Lipinski definition) is 7. The Kier molecular flexibility index (Phi) is 7.63. The molecule has 0 atom stereocenters. The summed E-state index contributed by atoms with van der Waals surface area (Å²) in [6.45, 7) is 6.57. The molecule has 1 aliphatic heterocycles. The van der Waals surface area contributed by atoms with Gasteiger partial charge in [0.1, 0.15) is 0 Å². The van der Waals surface area contributed by atoms with E-state index < -0.39 is 5.97 Å². The molecule has 0 spiro atoms. The number of rotatable bonds is 7. The van der Waals surface area contributed by atoms with Crippen molar-refractivity contribution in [2.75, 3.05) is 19.0 Å². The molecule has 2 amide bonds. The van der Waals surface area contributed by atoms with E-state index in [2.05, 4.69) is 10.3 Å². The van der Waals surface area contributed by atoms with Gasteiger partial charge in [-0.2, -0.15) is 0 Å². The molecule has 1 aromatic carbocycles. The lowest BCUT2D eigenvalue weighted by Crippen LogP contribution is -2.36. The van der Waals surface area contributed by atoms with Crippen molar-refractivity contribution in [2.45, 2.75) is 40.2 Å². The summed E-state index contributed by atoms with van der Waals surface area (Å²) in [5, 5.41) is 3.31. The summed E-state index contributed by atoms with van der Waals surface area (Å²) >= 11 is 1.40. The van der Waals surface area contributed by atoms with Crippen LogP contribution in [0.1, 0.15) is 43.3 Å². The Morgan fingerprint density at radius 2 is 2.06 bits per heavy atom. The summed E-state index contributed by atoms with van der Waals surface area (Å²) in [5.74, 6) is 0.437. The molecule has 2 aromatic rings. The zero-order valence-corrected chi connectivity index (χ0v) is 19.5. The van der Waals surface area contributed by atoms with Crippen LogP contribution in [-0.2, 0) is 27.3 Å². The number of hydrogen-bond donors (Lipinski definition) is 1. The van der Waals surface area contributed by atoms with Crippen molar-refractivity contribution in [2.24, 2.45) is 5.92 Å². The molecule has 1 N–H and O–H groups in total. The van der Waals surface area contributed by atoms with Crippen molar-refractivity contribution in [1.29, 1.82) is 0 Å². The standard InChI is InChI=1S/C23H27N3O5S/c1-14(2)11-22(29)26-10-9-17-20(13-26)32-23(24-17)25-21(28)8-6-16-5-7-18(31-15(3)27)19(12-16)30-4/h5-8,12,14H,9-11,13H2,1-4H3,(H,24,25,28)/b8-6+. The molecule has 3 rings (SSSR count). The third-order valence-electron chi connectivity index (χ3n) is 4.77. The second kappa shape index (κ2) is 10.4. The number of methoxy groups -OCH3 is 1. The number of ether oxygens (including phenoxy) is 2. The lowest BCUT2D eigenvalue weighted by Gasteiger charge is -2.26. The highest BCUT2D eigenvalue weighted by molar-refractivity contribution is 7.15. The SMILES string of the molecule is COc1cc(/C=C/C(=O)Nc2nc3c(s2)CN(C(=O)CC(C)C)CC3)ccc1OC(C)=O. The van der Waals surface area contributed by atoms with E-state index in [9.17, 15) is 14.4 Å². The third-order valence-corrected chi connectivity index (χ3v) is 5.76. The van der Waals surface area contributed by atoms with Crippen LogP contribution in [0.2, 0.25) is 0 Å². The van der Waals surface area contributed by atoms with Crippen LogP contribution in [0.5, 0.6) is 11.5 Å². The van der Waals surface area contributed by atoms with Crippen LogP contribution in [-0.4, -0.2) is 41.3 Å². The Hall–Kier alpha value is -3.20. The Balaban J connectivity index is 1.62. The highest BCUT2D eigenvalue weighted by Gasteiger charge is 2.24. The maximum atomic E-state index is 12.4. The van der Waals surface area contributed by atoms with E-state index in [1.807, 2.05) is 18.7 Å². The molecule has 0 bridgehead atoms. The summed E-state index contributed by atoms with van der Waals surface area (Å²) in [4.78, 5) is 43.2. The van der Waals surface area contributed by atoms with Crippen LogP contribution in [0, 0.1) is 5.92 Å². The second-order valence-electron chi connectivity index (χ2n) is 7.88. The predicted molar refractivity (Wildman–Crippen MR) is 123 cm³/mol. The van der Waals surface area contributed by atoms with Crippen LogP contribution in [0.25, 0.3) is 6.08 Å². The van der Waals surface area contributed by atoms with Gasteiger partial charge in [0.2, 0.25) is 11.8 Å². The lowest BCUT2D eigenvalue weighted by molar-refractivity contribution is -0.133. The first-order valence-electron chi connectivity index (χ1n) is 10.4. The molecule has 2 heterocycles. The molecule has 170 valence electrons. The number of nitrogens with one attached hydrogen (secondary N) is 1. The monoisotopic (exact) mass is 457 g/mol. The van der Waals surface area contributed by atoms with E-state index in [0.717, 1.165) is 10.6 Å². The second-order valence-corrected chi connectivity index (χ2v) is 8.96. The molecule has 8 nitrogen and oxygen atoms in total. The van der Waals surface area contributed by atoms with Gasteiger partial charge in [0.05, 0.1) is 19.3 Å². The molecule has 0 aliphatic carbocycles. The molecule has 0 saturated carbocycles. The zero-order valence-electron chi connectivity index (χ0n) is 18.6. The number of amides is 2. The minimum atomic E-state index is -0.440. The molecular weight excluding hydrogens is 430 g/mol. The first-order chi connectivity index (χ1) is 15.2. The van der Waals surface area contributed by atoms with Crippen molar-refractivity contribution in [3.05, 3.63) is 40.4 Å². The Labute approximate surface area is 191 Å². The minimum absolute atomic E-state index is 0.155. The Bertz CT molecular complexity index is 1040. The normalized spacial score (nSPS) is 13.2. The van der Waals surface area contributed by atoms with E-state index >= 15 is 0 Å². The summed E-state index contributed by atoms with van der Waals surface area (Å²) in [6, 6.07) is 5.00. The van der Waals surface area contributed by atoms with Crippen molar-refractivity contribution in [3.63, 3.8) is 0 Å². The van der Waals surface area contributed by atoms with Gasteiger partial charge >= 0.3 is 5.97 Å². The van der Waals surface area contributed by atoms with Gasteiger partial charge < -0.3 is 14.4 Å². The molecule has 0 saturated heterocycles. The molecule has 1 aliphatic rings. The number of fused-ring (bicyclic) bond motifs is 1. The number of anilines is 1. The maximum Gasteiger partial charge on any atom is 0.308 e. The number of nitrogens with zero attached hydrogens (tertiary/aromatic N) is 2. The molecule has 0 unspecified atom stereocenters. The molecule has 0 fully saturated rings. The number of carbonyl (C=O) groups is 3. The van der Waals surface area contributed by atoms with Crippen LogP contribution in [0.15, 0.2) is 24.3 Å². The van der Waals surface area contributed by atoms with E-state index in [0.29, 0.717) is 54.0 Å². The first kappa shape index (κ1) is 23.5.